The second-order valence-corrected chi connectivity index (χ2v) is 4.81. The summed E-state index contributed by atoms with van der Waals surface area (Å²) in [6, 6.07) is 12.6. The van der Waals surface area contributed by atoms with E-state index in [0.29, 0.717) is 16.9 Å². The number of phenolic OH excluding ortho intramolecular Hbond substituents is 2. The third kappa shape index (κ3) is 4.25. The maximum Gasteiger partial charge on any atom is 0.267 e. The van der Waals surface area contributed by atoms with Gasteiger partial charge in [-0.3, -0.25) is 4.79 Å². The Hall–Kier alpha value is -3.46. The Morgan fingerprint density at radius 2 is 1.78 bits per heavy atom. The van der Waals surface area contributed by atoms with Gasteiger partial charge in [0, 0.05) is 17.6 Å². The van der Waals surface area contributed by atoms with E-state index >= 15 is 0 Å². The quantitative estimate of drug-likeness (QED) is 0.395. The van der Waals surface area contributed by atoms with Crippen molar-refractivity contribution < 1.29 is 15.0 Å². The minimum atomic E-state index is -0.562. The standard InChI is InChI=1S/C17H15N3O3/c1-11-8-15(22)6-7-16(11)20-17(23)12(9-18)10-19-13-2-4-14(21)5-3-13/h2-8,10,19,21-22H,1H3,(H,20,23)/b12-10-. The first-order valence-electron chi connectivity index (χ1n) is 6.76. The Kier molecular flexibility index (Phi) is 4.85. The van der Waals surface area contributed by atoms with E-state index in [9.17, 15) is 15.0 Å². The van der Waals surface area contributed by atoms with Gasteiger partial charge in [0.15, 0.2) is 0 Å². The Balaban J connectivity index is 2.10. The van der Waals surface area contributed by atoms with Gasteiger partial charge in [-0.1, -0.05) is 0 Å². The van der Waals surface area contributed by atoms with Gasteiger partial charge in [-0.05, 0) is 55.0 Å². The van der Waals surface area contributed by atoms with Crippen LogP contribution in [-0.4, -0.2) is 16.1 Å². The number of anilines is 2. The zero-order valence-electron chi connectivity index (χ0n) is 12.4. The number of amides is 1. The van der Waals surface area contributed by atoms with Crippen molar-refractivity contribution in [2.24, 2.45) is 0 Å². The lowest BCUT2D eigenvalue weighted by Crippen LogP contribution is -2.15. The van der Waals surface area contributed by atoms with E-state index < -0.39 is 5.91 Å². The van der Waals surface area contributed by atoms with Crippen LogP contribution in [0.25, 0.3) is 0 Å². The highest BCUT2D eigenvalue weighted by Gasteiger charge is 2.10. The topological polar surface area (TPSA) is 105 Å². The van der Waals surface area contributed by atoms with Gasteiger partial charge in [0.25, 0.3) is 5.91 Å². The molecule has 116 valence electrons. The summed E-state index contributed by atoms with van der Waals surface area (Å²) < 4.78 is 0. The predicted molar refractivity (Wildman–Crippen MR) is 86.9 cm³/mol. The number of nitriles is 1. The summed E-state index contributed by atoms with van der Waals surface area (Å²) in [6.07, 6.45) is 1.29. The molecule has 0 spiro atoms. The zero-order valence-corrected chi connectivity index (χ0v) is 12.4. The van der Waals surface area contributed by atoms with Crippen LogP contribution in [0.1, 0.15) is 5.56 Å². The lowest BCUT2D eigenvalue weighted by atomic mass is 10.2. The average molecular weight is 309 g/mol. The number of benzene rings is 2. The number of nitrogens with one attached hydrogen (secondary N) is 2. The van der Waals surface area contributed by atoms with E-state index in [1.54, 1.807) is 25.1 Å². The third-order valence-electron chi connectivity index (χ3n) is 3.07. The molecule has 6 nitrogen and oxygen atoms in total. The number of carbonyl (C=O) groups excluding carboxylic acids is 1. The minimum absolute atomic E-state index is 0.102. The molecule has 0 aromatic heterocycles. The van der Waals surface area contributed by atoms with Crippen LogP contribution >= 0.6 is 0 Å². The lowest BCUT2D eigenvalue weighted by Gasteiger charge is -2.08. The fourth-order valence-corrected chi connectivity index (χ4v) is 1.84. The Morgan fingerprint density at radius 1 is 1.13 bits per heavy atom. The molecule has 0 saturated carbocycles. The Morgan fingerprint density at radius 3 is 2.39 bits per heavy atom. The lowest BCUT2D eigenvalue weighted by molar-refractivity contribution is -0.112. The second-order valence-electron chi connectivity index (χ2n) is 4.81. The molecule has 0 unspecified atom stereocenters. The molecule has 2 rings (SSSR count). The van der Waals surface area contributed by atoms with Crippen LogP contribution in [0.15, 0.2) is 54.2 Å². The monoisotopic (exact) mass is 309 g/mol. The summed E-state index contributed by atoms with van der Waals surface area (Å²) in [5.74, 6) is -0.335. The summed E-state index contributed by atoms with van der Waals surface area (Å²) in [5.41, 5.74) is 1.72. The van der Waals surface area contributed by atoms with Crippen molar-refractivity contribution >= 4 is 17.3 Å². The highest BCUT2D eigenvalue weighted by molar-refractivity contribution is 6.07. The molecular weight excluding hydrogens is 294 g/mol. The van der Waals surface area contributed by atoms with Crippen LogP contribution < -0.4 is 10.6 Å². The molecule has 1 amide bonds. The van der Waals surface area contributed by atoms with Gasteiger partial charge < -0.3 is 20.8 Å². The number of rotatable bonds is 4. The predicted octanol–water partition coefficient (Wildman–Crippen LogP) is 2.86. The van der Waals surface area contributed by atoms with Crippen LogP contribution in [0.5, 0.6) is 11.5 Å². The number of carbonyl (C=O) groups is 1. The van der Waals surface area contributed by atoms with Crippen molar-refractivity contribution in [1.82, 2.24) is 0 Å². The van der Waals surface area contributed by atoms with Crippen molar-refractivity contribution in [2.45, 2.75) is 6.92 Å². The molecular formula is C17H15N3O3. The van der Waals surface area contributed by atoms with E-state index in [1.807, 2.05) is 6.07 Å². The summed E-state index contributed by atoms with van der Waals surface area (Å²) in [6.45, 7) is 1.74. The van der Waals surface area contributed by atoms with Crippen molar-refractivity contribution in [2.75, 3.05) is 10.6 Å². The highest BCUT2D eigenvalue weighted by atomic mass is 16.3. The summed E-state index contributed by atoms with van der Waals surface area (Å²) >= 11 is 0. The van der Waals surface area contributed by atoms with Gasteiger partial charge in [0.1, 0.15) is 23.1 Å². The van der Waals surface area contributed by atoms with E-state index in [-0.39, 0.29) is 17.1 Å². The fourth-order valence-electron chi connectivity index (χ4n) is 1.84. The molecule has 0 heterocycles. The number of hydrogen-bond acceptors (Lipinski definition) is 5. The van der Waals surface area contributed by atoms with Crippen LogP contribution in [-0.2, 0) is 4.79 Å². The van der Waals surface area contributed by atoms with Crippen LogP contribution in [0, 0.1) is 18.3 Å². The maximum atomic E-state index is 12.1. The largest absolute Gasteiger partial charge is 0.508 e. The van der Waals surface area contributed by atoms with Crippen LogP contribution in [0.3, 0.4) is 0 Å². The number of nitrogens with zero attached hydrogens (tertiary/aromatic N) is 1. The molecule has 2 aromatic carbocycles. The van der Waals surface area contributed by atoms with Crippen LogP contribution in [0.2, 0.25) is 0 Å². The molecule has 0 bridgehead atoms. The van der Waals surface area contributed by atoms with Crippen molar-refractivity contribution in [3.05, 3.63) is 59.8 Å². The smallest absolute Gasteiger partial charge is 0.267 e. The molecule has 2 aromatic rings. The van der Waals surface area contributed by atoms with Gasteiger partial charge >= 0.3 is 0 Å². The molecule has 0 aliphatic rings. The highest BCUT2D eigenvalue weighted by Crippen LogP contribution is 2.20. The molecule has 23 heavy (non-hydrogen) atoms. The fraction of sp³-hybridized carbons (Fsp3) is 0.0588. The Labute approximate surface area is 133 Å². The molecule has 0 atom stereocenters. The zero-order chi connectivity index (χ0) is 16.8. The molecule has 0 fully saturated rings. The van der Waals surface area contributed by atoms with Gasteiger partial charge in [-0.15, -0.1) is 0 Å². The summed E-state index contributed by atoms with van der Waals surface area (Å²) in [7, 11) is 0. The molecule has 4 N–H and O–H groups in total. The van der Waals surface area contributed by atoms with E-state index in [4.69, 9.17) is 5.26 Å². The minimum Gasteiger partial charge on any atom is -0.508 e. The van der Waals surface area contributed by atoms with Crippen LogP contribution in [0.4, 0.5) is 11.4 Å². The second kappa shape index (κ2) is 7.00. The van der Waals surface area contributed by atoms with Gasteiger partial charge in [-0.25, -0.2) is 0 Å². The SMILES string of the molecule is Cc1cc(O)ccc1NC(=O)/C(C#N)=C\Nc1ccc(O)cc1. The number of aryl methyl sites for hydroxylation is 1. The molecule has 0 radical (unpaired) electrons. The van der Waals surface area contributed by atoms with Gasteiger partial charge in [0.2, 0.25) is 0 Å². The maximum absolute atomic E-state index is 12.1. The molecule has 0 aliphatic carbocycles. The first-order chi connectivity index (χ1) is 11.0. The molecule has 0 aliphatic heterocycles. The van der Waals surface area contributed by atoms with E-state index in [1.165, 1.54) is 30.5 Å². The van der Waals surface area contributed by atoms with E-state index in [2.05, 4.69) is 10.6 Å². The van der Waals surface area contributed by atoms with Gasteiger partial charge in [0.05, 0.1) is 0 Å². The Bertz CT molecular complexity index is 790. The molecule has 0 saturated heterocycles. The average Bonchev–Trinajstić information content (AvgIpc) is 2.52. The van der Waals surface area contributed by atoms with Gasteiger partial charge in [-0.2, -0.15) is 5.26 Å². The van der Waals surface area contributed by atoms with Crippen molar-refractivity contribution in [3.63, 3.8) is 0 Å². The normalized spacial score (nSPS) is 10.7. The van der Waals surface area contributed by atoms with Crippen molar-refractivity contribution in [1.29, 1.82) is 5.26 Å². The first kappa shape index (κ1) is 15.9. The number of aromatic hydroxyl groups is 2. The first-order valence-corrected chi connectivity index (χ1v) is 6.76. The third-order valence-corrected chi connectivity index (χ3v) is 3.07. The summed E-state index contributed by atoms with van der Waals surface area (Å²) in [4.78, 5) is 12.1. The summed E-state index contributed by atoms with van der Waals surface area (Å²) in [5, 5.41) is 33.1. The van der Waals surface area contributed by atoms with E-state index in [0.717, 1.165) is 0 Å². The molecule has 6 heteroatoms. The number of phenols is 2. The van der Waals surface area contributed by atoms with Crippen molar-refractivity contribution in [3.8, 4) is 17.6 Å². The number of hydrogen-bond donors (Lipinski definition) is 4.